The van der Waals surface area contributed by atoms with Crippen LogP contribution in [0.1, 0.15) is 21.6 Å². The number of aromatic nitrogens is 1. The molecule has 0 saturated carbocycles. The van der Waals surface area contributed by atoms with Crippen molar-refractivity contribution in [2.24, 2.45) is 0 Å². The Kier molecular flexibility index (Phi) is 6.75. The Bertz CT molecular complexity index is 977. The molecule has 0 aliphatic heterocycles. The molecule has 9 heteroatoms. The second kappa shape index (κ2) is 9.65. The highest BCUT2D eigenvalue weighted by atomic mass is 32.1. The Morgan fingerprint density at radius 1 is 1.24 bits per heavy atom. The Morgan fingerprint density at radius 3 is 2.69 bits per heavy atom. The number of carbonyl (C=O) groups is 1. The van der Waals surface area contributed by atoms with Gasteiger partial charge in [0.25, 0.3) is 11.6 Å². The molecule has 1 heterocycles. The van der Waals surface area contributed by atoms with E-state index in [0.717, 1.165) is 5.56 Å². The van der Waals surface area contributed by atoms with Crippen molar-refractivity contribution in [2.75, 3.05) is 13.7 Å². The molecule has 0 radical (unpaired) electrons. The lowest BCUT2D eigenvalue weighted by atomic mass is 10.1. The normalized spacial score (nSPS) is 10.4. The van der Waals surface area contributed by atoms with Crippen LogP contribution in [0, 0.1) is 10.1 Å². The molecule has 1 amide bonds. The van der Waals surface area contributed by atoms with Gasteiger partial charge < -0.3 is 14.8 Å². The van der Waals surface area contributed by atoms with E-state index >= 15 is 0 Å². The van der Waals surface area contributed by atoms with Crippen LogP contribution in [-0.4, -0.2) is 29.5 Å². The monoisotopic (exact) mass is 413 g/mol. The third-order valence-corrected chi connectivity index (χ3v) is 4.76. The number of nitrogens with zero attached hydrogens (tertiary/aromatic N) is 2. The topological polar surface area (TPSA) is 104 Å². The van der Waals surface area contributed by atoms with Crippen LogP contribution in [0.4, 0.5) is 5.69 Å². The number of amides is 1. The standard InChI is InChI=1S/C20H19N3O5S/c1-27-18-9-16(20(24)21-8-7-14-5-3-2-4-6-14)17(23(25)26)10-19(18)28-11-15-12-29-13-22-15/h2-6,9-10,12-13H,7-8,11H2,1H3,(H,21,24). The number of ether oxygens (including phenoxy) is 2. The SMILES string of the molecule is COc1cc(C(=O)NCCc2ccccc2)c([N+](=O)[O-])cc1OCc1cscn1. The fraction of sp³-hybridized carbons (Fsp3) is 0.200. The number of nitro groups is 1. The van der Waals surface area contributed by atoms with E-state index in [-0.39, 0.29) is 29.4 Å². The van der Waals surface area contributed by atoms with Crippen LogP contribution in [0.25, 0.3) is 0 Å². The summed E-state index contributed by atoms with van der Waals surface area (Å²) < 4.78 is 10.9. The molecule has 0 aliphatic rings. The second-order valence-corrected chi connectivity index (χ2v) is 6.76. The zero-order valence-corrected chi connectivity index (χ0v) is 16.5. The van der Waals surface area contributed by atoms with Crippen LogP contribution in [-0.2, 0) is 13.0 Å². The molecule has 8 nitrogen and oxygen atoms in total. The summed E-state index contributed by atoms with van der Waals surface area (Å²) in [6.07, 6.45) is 0.617. The summed E-state index contributed by atoms with van der Waals surface area (Å²) in [5.41, 5.74) is 2.99. The van der Waals surface area contributed by atoms with E-state index in [1.165, 1.54) is 30.6 Å². The van der Waals surface area contributed by atoms with Gasteiger partial charge in [-0.15, -0.1) is 11.3 Å². The maximum atomic E-state index is 12.6. The highest BCUT2D eigenvalue weighted by molar-refractivity contribution is 7.07. The third-order valence-electron chi connectivity index (χ3n) is 4.12. The predicted molar refractivity (Wildman–Crippen MR) is 109 cm³/mol. The number of rotatable bonds is 9. The summed E-state index contributed by atoms with van der Waals surface area (Å²) in [6.45, 7) is 0.490. The summed E-state index contributed by atoms with van der Waals surface area (Å²) in [4.78, 5) is 27.6. The van der Waals surface area contributed by atoms with Gasteiger partial charge >= 0.3 is 0 Å². The molecule has 0 bridgehead atoms. The minimum atomic E-state index is -0.610. The summed E-state index contributed by atoms with van der Waals surface area (Å²) in [5, 5.41) is 16.1. The van der Waals surface area contributed by atoms with Crippen LogP contribution in [0.5, 0.6) is 11.5 Å². The van der Waals surface area contributed by atoms with Crippen LogP contribution < -0.4 is 14.8 Å². The van der Waals surface area contributed by atoms with Crippen molar-refractivity contribution in [3.63, 3.8) is 0 Å². The van der Waals surface area contributed by atoms with Gasteiger partial charge in [-0.3, -0.25) is 14.9 Å². The van der Waals surface area contributed by atoms with E-state index in [9.17, 15) is 14.9 Å². The smallest absolute Gasteiger partial charge is 0.286 e. The van der Waals surface area contributed by atoms with Crippen molar-refractivity contribution in [2.45, 2.75) is 13.0 Å². The van der Waals surface area contributed by atoms with Crippen molar-refractivity contribution in [3.05, 3.63) is 80.3 Å². The number of hydrogen-bond acceptors (Lipinski definition) is 7. The van der Waals surface area contributed by atoms with Gasteiger partial charge in [0.1, 0.15) is 12.2 Å². The van der Waals surface area contributed by atoms with Gasteiger partial charge in [-0.25, -0.2) is 4.98 Å². The van der Waals surface area contributed by atoms with Gasteiger partial charge in [0.2, 0.25) is 0 Å². The van der Waals surface area contributed by atoms with Gasteiger partial charge in [-0.2, -0.15) is 0 Å². The zero-order chi connectivity index (χ0) is 20.6. The molecule has 0 atom stereocenters. The van der Waals surface area contributed by atoms with Crippen molar-refractivity contribution < 1.29 is 19.2 Å². The average Bonchev–Trinajstić information content (AvgIpc) is 3.26. The Morgan fingerprint density at radius 2 is 2.03 bits per heavy atom. The van der Waals surface area contributed by atoms with Crippen molar-refractivity contribution in [3.8, 4) is 11.5 Å². The van der Waals surface area contributed by atoms with Gasteiger partial charge in [0, 0.05) is 18.0 Å². The lowest BCUT2D eigenvalue weighted by Crippen LogP contribution is -2.26. The first kappa shape index (κ1) is 20.3. The van der Waals surface area contributed by atoms with Crippen molar-refractivity contribution in [1.29, 1.82) is 0 Å². The van der Waals surface area contributed by atoms with E-state index in [2.05, 4.69) is 10.3 Å². The van der Waals surface area contributed by atoms with Crippen LogP contribution in [0.3, 0.4) is 0 Å². The molecule has 0 fully saturated rings. The van der Waals surface area contributed by atoms with Gasteiger partial charge in [0.05, 0.1) is 29.3 Å². The maximum Gasteiger partial charge on any atom is 0.286 e. The first-order valence-electron chi connectivity index (χ1n) is 8.77. The molecule has 150 valence electrons. The van der Waals surface area contributed by atoms with Crippen LogP contribution in [0.15, 0.2) is 53.4 Å². The van der Waals surface area contributed by atoms with Gasteiger partial charge in [0.15, 0.2) is 11.5 Å². The minimum Gasteiger partial charge on any atom is -0.493 e. The van der Waals surface area contributed by atoms with Gasteiger partial charge in [-0.1, -0.05) is 30.3 Å². The molecular formula is C20H19N3O5S. The quantitative estimate of drug-likeness (QED) is 0.425. The molecule has 1 N–H and O–H groups in total. The first-order valence-corrected chi connectivity index (χ1v) is 9.71. The summed E-state index contributed by atoms with van der Waals surface area (Å²) in [6, 6.07) is 12.2. The molecule has 1 aromatic heterocycles. The minimum absolute atomic E-state index is 0.0825. The Labute approximate surface area is 171 Å². The lowest BCUT2D eigenvalue weighted by molar-refractivity contribution is -0.385. The Balaban J connectivity index is 1.75. The number of benzene rings is 2. The molecule has 0 aliphatic carbocycles. The fourth-order valence-electron chi connectivity index (χ4n) is 2.68. The van der Waals surface area contributed by atoms with Crippen LogP contribution in [0.2, 0.25) is 0 Å². The molecule has 3 aromatic rings. The maximum absolute atomic E-state index is 12.6. The third kappa shape index (κ3) is 5.29. The van der Waals surface area contributed by atoms with E-state index in [1.807, 2.05) is 35.7 Å². The highest BCUT2D eigenvalue weighted by Gasteiger charge is 2.24. The molecule has 0 unspecified atom stereocenters. The van der Waals surface area contributed by atoms with E-state index < -0.39 is 10.8 Å². The summed E-state index contributed by atoms with van der Waals surface area (Å²) >= 11 is 1.42. The number of nitrogens with one attached hydrogen (secondary N) is 1. The summed E-state index contributed by atoms with van der Waals surface area (Å²) in [5.74, 6) is -0.135. The number of thiazole rings is 1. The van der Waals surface area contributed by atoms with E-state index in [4.69, 9.17) is 9.47 Å². The highest BCUT2D eigenvalue weighted by Crippen LogP contribution is 2.35. The van der Waals surface area contributed by atoms with E-state index in [1.54, 1.807) is 5.51 Å². The van der Waals surface area contributed by atoms with Gasteiger partial charge in [-0.05, 0) is 12.0 Å². The van der Waals surface area contributed by atoms with E-state index in [0.29, 0.717) is 18.7 Å². The molecule has 3 rings (SSSR count). The predicted octanol–water partition coefficient (Wildman–Crippen LogP) is 3.61. The first-order chi connectivity index (χ1) is 14.1. The molecule has 0 saturated heterocycles. The molecule has 2 aromatic carbocycles. The zero-order valence-electron chi connectivity index (χ0n) is 15.7. The molecular weight excluding hydrogens is 394 g/mol. The average molecular weight is 413 g/mol. The van der Waals surface area contributed by atoms with Crippen molar-refractivity contribution >= 4 is 22.9 Å². The molecule has 29 heavy (non-hydrogen) atoms. The number of nitro benzene ring substituents is 1. The fourth-order valence-corrected chi connectivity index (χ4v) is 3.22. The van der Waals surface area contributed by atoms with Crippen molar-refractivity contribution in [1.82, 2.24) is 10.3 Å². The lowest BCUT2D eigenvalue weighted by Gasteiger charge is -2.12. The number of methoxy groups -OCH3 is 1. The largest absolute Gasteiger partial charge is 0.493 e. The molecule has 0 spiro atoms. The number of hydrogen-bond donors (Lipinski definition) is 1. The second-order valence-electron chi connectivity index (χ2n) is 6.04. The Hall–Kier alpha value is -3.46. The number of carbonyl (C=O) groups excluding carboxylic acids is 1. The van der Waals surface area contributed by atoms with Crippen LogP contribution >= 0.6 is 11.3 Å². The summed E-state index contributed by atoms with van der Waals surface area (Å²) in [7, 11) is 1.41.